The molecule has 0 rings (SSSR count). The summed E-state index contributed by atoms with van der Waals surface area (Å²) >= 11 is 0. The van der Waals surface area contributed by atoms with Gasteiger partial charge in [0.2, 0.25) is 0 Å². The Morgan fingerprint density at radius 2 is 0.600 bits per heavy atom. The first kappa shape index (κ1) is 39.5. The third-order valence-electron chi connectivity index (χ3n) is 7.94. The smallest absolute Gasteiger partial charge is 0.426 e. The highest BCUT2D eigenvalue weighted by Crippen LogP contribution is 2.33. The van der Waals surface area contributed by atoms with Gasteiger partial charge in [0.25, 0.3) is 0 Å². The fourth-order valence-electron chi connectivity index (χ4n) is 5.26. The molecule has 0 aromatic rings. The summed E-state index contributed by atoms with van der Waals surface area (Å²) in [6.45, 7) is 4.57. The van der Waals surface area contributed by atoms with Gasteiger partial charge in [0.15, 0.2) is 0 Å². The van der Waals surface area contributed by atoms with Gasteiger partial charge in [-0.05, 0) is 37.8 Å². The summed E-state index contributed by atoms with van der Waals surface area (Å²) in [6.07, 6.45) is 48.0. The average molecular weight is 583 g/mol. The van der Waals surface area contributed by atoms with Gasteiger partial charge in [-0.15, -0.1) is 0 Å². The van der Waals surface area contributed by atoms with E-state index in [1.165, 1.54) is 180 Å². The fraction of sp³-hybridized carbons (Fsp3) is 0.889. The van der Waals surface area contributed by atoms with Gasteiger partial charge in [0, 0.05) is 0 Å². The molecule has 0 radical (unpaired) electrons. The van der Waals surface area contributed by atoms with Crippen molar-refractivity contribution < 1.29 is 13.9 Å². The van der Waals surface area contributed by atoms with Gasteiger partial charge < -0.3 is 13.9 Å². The summed E-state index contributed by atoms with van der Waals surface area (Å²) in [5, 5.41) is 0. The molecule has 0 spiro atoms. The van der Waals surface area contributed by atoms with Crippen LogP contribution in [-0.4, -0.2) is 4.89 Å². The van der Waals surface area contributed by atoms with Gasteiger partial charge in [-0.25, -0.2) is 0 Å². The summed E-state index contributed by atoms with van der Waals surface area (Å²) in [7, 11) is -1.84. The Bertz CT molecular complexity index is 464. The van der Waals surface area contributed by atoms with Crippen LogP contribution in [0.1, 0.15) is 206 Å². The second-order valence-corrected chi connectivity index (χ2v) is 12.9. The van der Waals surface area contributed by atoms with Crippen molar-refractivity contribution in [2.45, 2.75) is 206 Å². The molecule has 0 saturated heterocycles. The molecule has 0 amide bonds. The van der Waals surface area contributed by atoms with Gasteiger partial charge in [0.05, 0.1) is 12.5 Å². The largest absolute Gasteiger partial charge is 0.458 e. The van der Waals surface area contributed by atoms with Crippen LogP contribution < -0.4 is 0 Å². The molecule has 0 bridgehead atoms. The minimum atomic E-state index is -1.84. The van der Waals surface area contributed by atoms with Gasteiger partial charge in [-0.3, -0.25) is 0 Å². The van der Waals surface area contributed by atoms with Crippen molar-refractivity contribution in [2.24, 2.45) is 0 Å². The normalized spacial score (nSPS) is 11.9. The highest BCUT2D eigenvalue weighted by Gasteiger charge is 2.02. The van der Waals surface area contributed by atoms with E-state index in [9.17, 15) is 4.89 Å². The van der Waals surface area contributed by atoms with Crippen LogP contribution in [0.5, 0.6) is 0 Å². The predicted molar refractivity (Wildman–Crippen MR) is 179 cm³/mol. The molecule has 0 saturated carbocycles. The zero-order valence-corrected chi connectivity index (χ0v) is 28.1. The zero-order chi connectivity index (χ0) is 29.0. The Balaban J connectivity index is 3.27. The SMILES string of the molecule is CCCCCCCCCCCCCCCC/C=C/OP(O)O/C=C/CCCCCCCCCCCCCCCC. The Labute approximate surface area is 253 Å². The van der Waals surface area contributed by atoms with Crippen molar-refractivity contribution in [3.05, 3.63) is 24.7 Å². The standard InChI is InChI=1S/C36H71O3P/c1-3-5-7-9-11-13-15-17-19-21-23-25-27-29-31-33-35-38-40(37)39-36-34-32-30-28-26-24-22-20-18-16-14-12-10-8-6-4-2/h33-37H,3-32H2,1-2H3/b35-33+,36-34+. The van der Waals surface area contributed by atoms with E-state index in [-0.39, 0.29) is 0 Å². The van der Waals surface area contributed by atoms with Gasteiger partial charge in [-0.2, -0.15) is 0 Å². The molecule has 1 N–H and O–H groups in total. The summed E-state index contributed by atoms with van der Waals surface area (Å²) in [5.74, 6) is 0. The van der Waals surface area contributed by atoms with Crippen molar-refractivity contribution in [2.75, 3.05) is 0 Å². The number of hydrogen-bond donors (Lipinski definition) is 1. The third kappa shape index (κ3) is 35.5. The molecule has 0 unspecified atom stereocenters. The summed E-state index contributed by atoms with van der Waals surface area (Å²) in [4.78, 5) is 9.82. The molecule has 0 aromatic heterocycles. The summed E-state index contributed by atoms with van der Waals surface area (Å²) in [6, 6.07) is 0. The van der Waals surface area contributed by atoms with Crippen molar-refractivity contribution in [1.82, 2.24) is 0 Å². The van der Waals surface area contributed by atoms with E-state index in [1.54, 1.807) is 12.5 Å². The molecule has 0 fully saturated rings. The lowest BCUT2D eigenvalue weighted by molar-refractivity contribution is 0.320. The minimum Gasteiger partial charge on any atom is -0.426 e. The fourth-order valence-corrected chi connectivity index (χ4v) is 5.69. The molecular formula is C36H71O3P. The first-order valence-corrected chi connectivity index (χ1v) is 19.1. The van der Waals surface area contributed by atoms with Gasteiger partial charge >= 0.3 is 8.60 Å². The molecule has 0 atom stereocenters. The van der Waals surface area contributed by atoms with E-state index >= 15 is 0 Å². The van der Waals surface area contributed by atoms with Crippen LogP contribution in [0.15, 0.2) is 24.7 Å². The quantitative estimate of drug-likeness (QED) is 0.0466. The minimum absolute atomic E-state index is 1.01. The summed E-state index contributed by atoms with van der Waals surface area (Å²) < 4.78 is 10.5. The molecule has 40 heavy (non-hydrogen) atoms. The zero-order valence-electron chi connectivity index (χ0n) is 27.2. The van der Waals surface area contributed by atoms with Crippen LogP contribution in [0.3, 0.4) is 0 Å². The van der Waals surface area contributed by atoms with Crippen molar-refractivity contribution in [1.29, 1.82) is 0 Å². The molecular weight excluding hydrogens is 511 g/mol. The average Bonchev–Trinajstić information content (AvgIpc) is 2.96. The second-order valence-electron chi connectivity index (χ2n) is 12.0. The predicted octanol–water partition coefficient (Wildman–Crippen LogP) is 14.0. The highest BCUT2D eigenvalue weighted by molar-refractivity contribution is 7.40. The van der Waals surface area contributed by atoms with E-state index in [1.807, 2.05) is 12.2 Å². The molecule has 4 heteroatoms. The molecule has 0 aliphatic rings. The lowest BCUT2D eigenvalue weighted by Crippen LogP contribution is -1.83. The van der Waals surface area contributed by atoms with Gasteiger partial charge in [0.1, 0.15) is 0 Å². The molecule has 0 aromatic carbocycles. The maximum absolute atomic E-state index is 9.82. The highest BCUT2D eigenvalue weighted by atomic mass is 31.2. The molecule has 0 aliphatic carbocycles. The topological polar surface area (TPSA) is 38.7 Å². The van der Waals surface area contributed by atoms with Gasteiger partial charge in [-0.1, -0.05) is 181 Å². The number of allylic oxidation sites excluding steroid dienone is 2. The first-order chi connectivity index (χ1) is 19.8. The monoisotopic (exact) mass is 583 g/mol. The lowest BCUT2D eigenvalue weighted by atomic mass is 10.0. The first-order valence-electron chi connectivity index (χ1n) is 17.9. The van der Waals surface area contributed by atoms with E-state index in [4.69, 9.17) is 9.05 Å². The third-order valence-corrected chi connectivity index (χ3v) is 8.55. The van der Waals surface area contributed by atoms with Crippen molar-refractivity contribution >= 4 is 8.60 Å². The van der Waals surface area contributed by atoms with E-state index in [0.717, 1.165) is 12.8 Å². The number of rotatable bonds is 34. The number of unbranched alkanes of at least 4 members (excludes halogenated alkanes) is 28. The van der Waals surface area contributed by atoms with Crippen molar-refractivity contribution in [3.8, 4) is 0 Å². The van der Waals surface area contributed by atoms with Crippen molar-refractivity contribution in [3.63, 3.8) is 0 Å². The maximum Gasteiger partial charge on any atom is 0.458 e. The van der Waals surface area contributed by atoms with E-state index in [2.05, 4.69) is 13.8 Å². The summed E-state index contributed by atoms with van der Waals surface area (Å²) in [5.41, 5.74) is 0. The Morgan fingerprint density at radius 3 is 0.850 bits per heavy atom. The van der Waals surface area contributed by atoms with Crippen LogP contribution in [-0.2, 0) is 9.05 Å². The Morgan fingerprint density at radius 1 is 0.375 bits per heavy atom. The Kier molecular flexibility index (Phi) is 36.0. The number of hydrogen-bond acceptors (Lipinski definition) is 3. The molecule has 238 valence electrons. The van der Waals surface area contributed by atoms with Crippen LogP contribution >= 0.6 is 8.60 Å². The van der Waals surface area contributed by atoms with Crippen LogP contribution in [0.4, 0.5) is 0 Å². The van der Waals surface area contributed by atoms with E-state index in [0.29, 0.717) is 0 Å². The van der Waals surface area contributed by atoms with Crippen LogP contribution in [0, 0.1) is 0 Å². The van der Waals surface area contributed by atoms with E-state index < -0.39 is 8.60 Å². The molecule has 0 aliphatic heterocycles. The maximum atomic E-state index is 9.82. The van der Waals surface area contributed by atoms with Crippen LogP contribution in [0.2, 0.25) is 0 Å². The molecule has 0 heterocycles. The Hall–Kier alpha value is -0.530. The second kappa shape index (κ2) is 36.5. The van der Waals surface area contributed by atoms with Crippen LogP contribution in [0.25, 0.3) is 0 Å². The molecule has 3 nitrogen and oxygen atoms in total. The lowest BCUT2D eigenvalue weighted by Gasteiger charge is -2.05.